The van der Waals surface area contributed by atoms with Crippen molar-refractivity contribution in [2.45, 2.75) is 76.3 Å². The van der Waals surface area contributed by atoms with Crippen molar-refractivity contribution in [3.8, 4) is 0 Å². The Morgan fingerprint density at radius 2 is 0.672 bits per heavy atom. The van der Waals surface area contributed by atoms with Crippen molar-refractivity contribution in [2.24, 2.45) is 9.98 Å². The molecule has 0 spiro atoms. The number of ether oxygens (including phenoxy) is 5. The minimum Gasteiger partial charge on any atom is -0.678 e. The topological polar surface area (TPSA) is 155 Å². The van der Waals surface area contributed by atoms with E-state index in [4.69, 9.17) is 34.3 Å². The molecule has 0 bridgehead atoms. The second-order valence-electron chi connectivity index (χ2n) is 15.5. The van der Waals surface area contributed by atoms with Gasteiger partial charge in [-0.05, 0) is 76.3 Å². The molecule has 15 heteroatoms. The zero-order valence-electron chi connectivity index (χ0n) is 38.4. The van der Waals surface area contributed by atoms with Gasteiger partial charge >= 0.3 is 80.8 Å². The molecular weight excluding hydrogens is 1120 g/mol. The van der Waals surface area contributed by atoms with E-state index in [1.165, 1.54) is 64.2 Å². The summed E-state index contributed by atoms with van der Waals surface area (Å²) in [4.78, 5) is 27.2. The van der Waals surface area contributed by atoms with Crippen LogP contribution >= 0.6 is 0 Å². The van der Waals surface area contributed by atoms with Crippen LogP contribution in [0, 0.1) is 80.8 Å². The second kappa shape index (κ2) is 36.0. The van der Waals surface area contributed by atoms with E-state index in [0.717, 1.165) is 112 Å². The summed E-state index contributed by atoms with van der Waals surface area (Å²) < 4.78 is 24.7. The fraction of sp³-hybridized carbons (Fsp3) is 0.423. The Hall–Kier alpha value is -3.02. The molecule has 11 rings (SSSR count). The molecule has 5 aliphatic heterocycles. The Kier molecular flexibility index (Phi) is 30.4. The van der Waals surface area contributed by atoms with Gasteiger partial charge in [0, 0.05) is 89.9 Å². The van der Waals surface area contributed by atoms with Gasteiger partial charge in [-0.2, -0.15) is 36.2 Å². The van der Waals surface area contributed by atoms with Crippen molar-refractivity contribution < 1.29 is 104 Å². The molecule has 5 aliphatic rings. The van der Waals surface area contributed by atoms with Crippen molar-refractivity contribution in [2.75, 3.05) is 66.1 Å². The summed E-state index contributed by atoms with van der Waals surface area (Å²) in [5.74, 6) is 0. The number of aliphatic imine (C=N–C) groups is 2. The first-order valence-corrected chi connectivity index (χ1v) is 23.2. The number of aromatic nitrogens is 4. The number of para-hydroxylation sites is 4. The van der Waals surface area contributed by atoms with E-state index in [9.17, 15) is 0 Å². The summed E-state index contributed by atoms with van der Waals surface area (Å²) in [5.41, 5.74) is 6.04. The number of benzene rings is 2. The van der Waals surface area contributed by atoms with Crippen molar-refractivity contribution in [3.63, 3.8) is 0 Å². The minimum absolute atomic E-state index is 0. The maximum atomic E-state index is 5.19. The van der Waals surface area contributed by atoms with Crippen LogP contribution in [0.3, 0.4) is 0 Å². The van der Waals surface area contributed by atoms with Gasteiger partial charge in [0.05, 0.1) is 0 Å². The van der Waals surface area contributed by atoms with E-state index in [-0.39, 0.29) is 80.8 Å². The van der Waals surface area contributed by atoms with E-state index in [1.807, 2.05) is 97.1 Å². The van der Waals surface area contributed by atoms with Crippen molar-refractivity contribution in [1.29, 1.82) is 0 Å². The average Bonchev–Trinajstić information content (AvgIpc) is 4.21. The standard InChI is InChI=1S/C32H24N8.5C4H8O.2Sm/c1-3-13-27(25(11-1)37-21-23-9-5-17-33-23)39-31(29-15-7-19-35-29)32(30-16-8-20-36-30)40-28-14-4-2-12-26(28)38-22-24-10-6-18-34-24;5*1-2-4-5-3-1;;/h1-22,31-32H;5*1-4H2;;/q-6;;;;;;2*+3/t31-,32-;;;;;;;/m1......./s1. The summed E-state index contributed by atoms with van der Waals surface area (Å²) in [7, 11) is 0. The molecule has 0 aliphatic carbocycles. The smallest absolute Gasteiger partial charge is 0.678 e. The Balaban J connectivity index is 0.000000290. The Bertz CT molecular complexity index is 1870. The minimum atomic E-state index is -0.466. The Morgan fingerprint density at radius 1 is 0.373 bits per heavy atom. The third kappa shape index (κ3) is 22.5. The zero-order chi connectivity index (χ0) is 44.7. The second-order valence-corrected chi connectivity index (χ2v) is 15.5. The van der Waals surface area contributed by atoms with Crippen molar-refractivity contribution >= 4 is 35.2 Å². The third-order valence-electron chi connectivity index (χ3n) is 10.3. The van der Waals surface area contributed by atoms with Gasteiger partial charge in [0.2, 0.25) is 0 Å². The first kappa shape index (κ1) is 56.6. The van der Waals surface area contributed by atoms with Crippen LogP contribution in [0.5, 0.6) is 0 Å². The molecule has 0 unspecified atom stereocenters. The molecule has 0 saturated carbocycles. The molecule has 0 amide bonds. The van der Waals surface area contributed by atoms with E-state index in [1.54, 1.807) is 37.2 Å². The fourth-order valence-corrected chi connectivity index (χ4v) is 6.84. The largest absolute Gasteiger partial charge is 3.00 e. The van der Waals surface area contributed by atoms with E-state index in [2.05, 4.69) is 29.9 Å². The molecule has 67 heavy (non-hydrogen) atoms. The summed E-state index contributed by atoms with van der Waals surface area (Å²) in [5, 5.41) is 10.4. The van der Waals surface area contributed by atoms with Gasteiger partial charge in [0.25, 0.3) is 0 Å². The molecule has 4 aromatic heterocycles. The number of rotatable bonds is 11. The first-order valence-electron chi connectivity index (χ1n) is 23.2. The maximum absolute atomic E-state index is 5.19. The zero-order valence-corrected chi connectivity index (χ0v) is 43.7. The molecule has 6 aromatic rings. The normalized spacial score (nSPS) is 16.8. The van der Waals surface area contributed by atoms with Crippen LogP contribution in [0.2, 0.25) is 0 Å². The van der Waals surface area contributed by atoms with Gasteiger partial charge in [-0.15, -0.1) is 34.8 Å². The van der Waals surface area contributed by atoms with Crippen molar-refractivity contribution in [3.05, 3.63) is 155 Å². The van der Waals surface area contributed by atoms with Gasteiger partial charge < -0.3 is 54.3 Å². The molecule has 2 atom stereocenters. The maximum Gasteiger partial charge on any atom is 3.00 e. The molecule has 13 nitrogen and oxygen atoms in total. The summed E-state index contributed by atoms with van der Waals surface area (Å²) in [6.07, 6.45) is 23.3. The van der Waals surface area contributed by atoms with Crippen LogP contribution in [-0.4, -0.2) is 78.5 Å². The van der Waals surface area contributed by atoms with Gasteiger partial charge in [-0.3, -0.25) is 9.98 Å². The van der Waals surface area contributed by atoms with E-state index < -0.39 is 12.1 Å². The van der Waals surface area contributed by atoms with Gasteiger partial charge in [0.1, 0.15) is 0 Å². The predicted molar refractivity (Wildman–Crippen MR) is 258 cm³/mol. The molecule has 9 heterocycles. The van der Waals surface area contributed by atoms with Crippen LogP contribution in [0.15, 0.2) is 132 Å². The number of hydrogen-bond acceptors (Lipinski definition) is 7. The summed E-state index contributed by atoms with van der Waals surface area (Å²) in [6, 6.07) is 29.9. The quantitative estimate of drug-likeness (QED) is 0.115. The van der Waals surface area contributed by atoms with E-state index in [0.29, 0.717) is 0 Å². The van der Waals surface area contributed by atoms with Crippen molar-refractivity contribution in [1.82, 2.24) is 19.9 Å². The summed E-state index contributed by atoms with van der Waals surface area (Å²) >= 11 is 0. The molecule has 5 fully saturated rings. The SMILES string of the molecule is C(=Nc1ccccc1[N-][C@H](c1ccc[n-]1)[C@H]([N-]c1ccccc1N=Cc1ccc[n-]1)c1ccc[n-]1)c1ccc[n-]1.C1CCOC1.C1CCOC1.C1CCOC1.C1CCOC1.C1CCOC1.[Sm+3].[Sm+3]. The number of nitrogens with zero attached hydrogens (tertiary/aromatic N) is 8. The van der Waals surface area contributed by atoms with Crippen LogP contribution < -0.4 is 19.9 Å². The summed E-state index contributed by atoms with van der Waals surface area (Å²) in [6.45, 7) is 10.0. The van der Waals surface area contributed by atoms with Crippen LogP contribution in [-0.2, 0) is 23.7 Å². The van der Waals surface area contributed by atoms with E-state index >= 15 is 0 Å². The molecule has 354 valence electrons. The predicted octanol–water partition coefficient (Wildman–Crippen LogP) is 11.2. The fourth-order valence-electron chi connectivity index (χ4n) is 6.84. The van der Waals surface area contributed by atoms with Gasteiger partial charge in [0.15, 0.2) is 0 Å². The Labute approximate surface area is 462 Å². The van der Waals surface area contributed by atoms with Crippen LogP contribution in [0.25, 0.3) is 10.6 Å². The number of hydrogen-bond donors (Lipinski definition) is 0. The van der Waals surface area contributed by atoms with Crippen LogP contribution in [0.4, 0.5) is 22.7 Å². The molecular formula is C52H64N8O5Sm2. The molecule has 2 aromatic carbocycles. The monoisotopic (exact) mass is 1180 g/mol. The molecule has 5 saturated heterocycles. The van der Waals surface area contributed by atoms with Gasteiger partial charge in [-0.1, -0.05) is 84.9 Å². The van der Waals surface area contributed by atoms with Crippen LogP contribution in [0.1, 0.15) is 99.1 Å². The molecule has 2 radical (unpaired) electrons. The first-order chi connectivity index (χ1) is 32.3. The van der Waals surface area contributed by atoms with Gasteiger partial charge in [-0.25, -0.2) is 0 Å². The Morgan fingerprint density at radius 3 is 0.925 bits per heavy atom. The third-order valence-corrected chi connectivity index (χ3v) is 10.3. The molecule has 0 N–H and O–H groups in total. The average molecular weight is 1180 g/mol.